The molecule has 0 N–H and O–H groups in total. The Balaban J connectivity index is 2.32. The van der Waals surface area contributed by atoms with Gasteiger partial charge in [-0.2, -0.15) is 24.4 Å². The predicted octanol–water partition coefficient (Wildman–Crippen LogP) is 1.58. The lowest BCUT2D eigenvalue weighted by atomic mass is 10.7. The first-order valence-corrected chi connectivity index (χ1v) is 5.28. The lowest BCUT2D eigenvalue weighted by molar-refractivity contribution is 0.849. The predicted molar refractivity (Wildman–Crippen MR) is 53.2 cm³/mol. The fraction of sp³-hybridized carbons (Fsp3) is 0.571. The van der Waals surface area contributed by atoms with Crippen molar-refractivity contribution in [3.05, 3.63) is 18.2 Å². The van der Waals surface area contributed by atoms with Crippen molar-refractivity contribution in [3.63, 3.8) is 0 Å². The van der Waals surface area contributed by atoms with Gasteiger partial charge in [0.15, 0.2) is 0 Å². The molecule has 0 bridgehead atoms. The number of nitrogens with zero attached hydrogens (tertiary/aromatic N) is 2. The maximum Gasteiger partial charge on any atom is 0.118 e. The van der Waals surface area contributed by atoms with E-state index in [9.17, 15) is 0 Å². The Bertz CT molecular complexity index is 210. The SMILES string of the molecule is Cn1ccnc1CSCCS. The monoisotopic (exact) mass is 188 g/mol. The Morgan fingerprint density at radius 2 is 2.55 bits per heavy atom. The molecular formula is C7H12N2S2. The van der Waals surface area contributed by atoms with Crippen LogP contribution in [0.1, 0.15) is 5.82 Å². The van der Waals surface area contributed by atoms with Gasteiger partial charge >= 0.3 is 0 Å². The van der Waals surface area contributed by atoms with Crippen molar-refractivity contribution in [2.45, 2.75) is 5.75 Å². The minimum Gasteiger partial charge on any atom is -0.337 e. The Kier molecular flexibility index (Phi) is 3.86. The quantitative estimate of drug-likeness (QED) is 0.571. The Morgan fingerprint density at radius 1 is 1.73 bits per heavy atom. The maximum atomic E-state index is 4.20. The molecule has 0 amide bonds. The number of aromatic nitrogens is 2. The van der Waals surface area contributed by atoms with Crippen LogP contribution < -0.4 is 0 Å². The number of rotatable bonds is 4. The summed E-state index contributed by atoms with van der Waals surface area (Å²) in [6, 6.07) is 0. The van der Waals surface area contributed by atoms with Crippen LogP contribution in [-0.2, 0) is 12.8 Å². The van der Waals surface area contributed by atoms with Gasteiger partial charge in [-0.3, -0.25) is 0 Å². The third-order valence-corrected chi connectivity index (χ3v) is 2.87. The summed E-state index contributed by atoms with van der Waals surface area (Å²) in [5.74, 6) is 4.16. The van der Waals surface area contributed by atoms with Crippen LogP contribution >= 0.6 is 24.4 Å². The van der Waals surface area contributed by atoms with Crippen molar-refractivity contribution in [1.82, 2.24) is 9.55 Å². The highest BCUT2D eigenvalue weighted by molar-refractivity contribution is 7.99. The number of thiol groups is 1. The highest BCUT2D eigenvalue weighted by Gasteiger charge is 1.96. The zero-order valence-electron chi connectivity index (χ0n) is 6.53. The highest BCUT2D eigenvalue weighted by Crippen LogP contribution is 2.09. The van der Waals surface area contributed by atoms with E-state index in [2.05, 4.69) is 17.6 Å². The number of thioether (sulfide) groups is 1. The van der Waals surface area contributed by atoms with Crippen molar-refractivity contribution in [1.29, 1.82) is 0 Å². The summed E-state index contributed by atoms with van der Waals surface area (Å²) in [5, 5.41) is 0. The van der Waals surface area contributed by atoms with E-state index in [1.807, 2.05) is 35.8 Å². The number of hydrogen-bond donors (Lipinski definition) is 1. The first kappa shape index (κ1) is 9.00. The number of hydrogen-bond acceptors (Lipinski definition) is 3. The van der Waals surface area contributed by atoms with E-state index in [4.69, 9.17) is 0 Å². The molecule has 1 aromatic heterocycles. The molecule has 2 nitrogen and oxygen atoms in total. The average Bonchev–Trinajstić information content (AvgIpc) is 2.37. The van der Waals surface area contributed by atoms with E-state index in [1.54, 1.807) is 0 Å². The lowest BCUT2D eigenvalue weighted by Gasteiger charge is -1.99. The van der Waals surface area contributed by atoms with Crippen LogP contribution in [0.15, 0.2) is 12.4 Å². The van der Waals surface area contributed by atoms with Crippen molar-refractivity contribution in [2.24, 2.45) is 7.05 Å². The molecule has 1 aromatic rings. The minimum atomic E-state index is 0.940. The van der Waals surface area contributed by atoms with Gasteiger partial charge in [0.25, 0.3) is 0 Å². The van der Waals surface area contributed by atoms with Gasteiger partial charge in [-0.15, -0.1) is 0 Å². The standard InChI is InChI=1S/C7H12N2S2/c1-9-3-2-8-7(9)6-11-5-4-10/h2-3,10H,4-6H2,1H3. The van der Waals surface area contributed by atoms with Gasteiger partial charge < -0.3 is 4.57 Å². The van der Waals surface area contributed by atoms with Gasteiger partial charge in [-0.1, -0.05) is 0 Å². The molecule has 0 aliphatic rings. The van der Waals surface area contributed by atoms with Crippen molar-refractivity contribution < 1.29 is 0 Å². The molecule has 11 heavy (non-hydrogen) atoms. The molecule has 1 heterocycles. The largest absolute Gasteiger partial charge is 0.337 e. The Hall–Kier alpha value is -0.0900. The van der Waals surface area contributed by atoms with Crippen LogP contribution in [0.4, 0.5) is 0 Å². The summed E-state index contributed by atoms with van der Waals surface area (Å²) in [6.07, 6.45) is 3.80. The summed E-state index contributed by atoms with van der Waals surface area (Å²) in [5.41, 5.74) is 0. The molecule has 0 spiro atoms. The molecule has 4 heteroatoms. The van der Waals surface area contributed by atoms with E-state index in [0.717, 1.165) is 23.1 Å². The topological polar surface area (TPSA) is 17.8 Å². The molecule has 0 aliphatic carbocycles. The average molecular weight is 188 g/mol. The third kappa shape index (κ3) is 2.79. The van der Waals surface area contributed by atoms with E-state index in [1.165, 1.54) is 0 Å². The molecule has 0 fully saturated rings. The highest BCUT2D eigenvalue weighted by atomic mass is 32.2. The van der Waals surface area contributed by atoms with Gasteiger partial charge in [0, 0.05) is 25.2 Å². The Labute approximate surface area is 76.8 Å². The fourth-order valence-corrected chi connectivity index (χ4v) is 1.89. The molecule has 0 unspecified atom stereocenters. The van der Waals surface area contributed by atoms with Gasteiger partial charge in [-0.25, -0.2) is 4.98 Å². The summed E-state index contributed by atoms with van der Waals surface area (Å²) in [4.78, 5) is 4.20. The van der Waals surface area contributed by atoms with Gasteiger partial charge in [0.2, 0.25) is 0 Å². The van der Waals surface area contributed by atoms with Crippen LogP contribution in [0.5, 0.6) is 0 Å². The summed E-state index contributed by atoms with van der Waals surface area (Å²) in [7, 11) is 2.02. The summed E-state index contributed by atoms with van der Waals surface area (Å²) < 4.78 is 2.05. The van der Waals surface area contributed by atoms with Crippen molar-refractivity contribution in [2.75, 3.05) is 11.5 Å². The lowest BCUT2D eigenvalue weighted by Crippen LogP contribution is -1.95. The van der Waals surface area contributed by atoms with Gasteiger partial charge in [-0.05, 0) is 5.75 Å². The molecule has 62 valence electrons. The fourth-order valence-electron chi connectivity index (χ4n) is 0.764. The van der Waals surface area contributed by atoms with E-state index >= 15 is 0 Å². The van der Waals surface area contributed by atoms with E-state index in [0.29, 0.717) is 0 Å². The molecule has 0 atom stereocenters. The Morgan fingerprint density at radius 3 is 3.09 bits per heavy atom. The normalized spacial score (nSPS) is 10.4. The number of aryl methyl sites for hydroxylation is 1. The van der Waals surface area contributed by atoms with Crippen molar-refractivity contribution in [3.8, 4) is 0 Å². The first-order chi connectivity index (χ1) is 5.34. The maximum absolute atomic E-state index is 4.20. The van der Waals surface area contributed by atoms with Crippen molar-refractivity contribution >= 4 is 24.4 Å². The van der Waals surface area contributed by atoms with Gasteiger partial charge in [0.1, 0.15) is 5.82 Å². The number of imidazole rings is 1. The zero-order chi connectivity index (χ0) is 8.10. The van der Waals surface area contributed by atoms with Gasteiger partial charge in [0.05, 0.1) is 5.75 Å². The van der Waals surface area contributed by atoms with Crippen LogP contribution in [0, 0.1) is 0 Å². The second-order valence-corrected chi connectivity index (χ2v) is 3.78. The second-order valence-electron chi connectivity index (χ2n) is 2.23. The van der Waals surface area contributed by atoms with E-state index < -0.39 is 0 Å². The van der Waals surface area contributed by atoms with Crippen LogP contribution in [0.3, 0.4) is 0 Å². The molecular weight excluding hydrogens is 176 g/mol. The van der Waals surface area contributed by atoms with Crippen LogP contribution in [0.2, 0.25) is 0 Å². The minimum absolute atomic E-state index is 0.940. The molecule has 0 radical (unpaired) electrons. The van der Waals surface area contributed by atoms with Crippen LogP contribution in [-0.4, -0.2) is 21.1 Å². The van der Waals surface area contributed by atoms with E-state index in [-0.39, 0.29) is 0 Å². The third-order valence-electron chi connectivity index (χ3n) is 1.39. The first-order valence-electron chi connectivity index (χ1n) is 3.49. The summed E-state index contributed by atoms with van der Waals surface area (Å²) in [6.45, 7) is 0. The molecule has 0 aliphatic heterocycles. The summed E-state index contributed by atoms with van der Waals surface area (Å²) >= 11 is 6.00. The second kappa shape index (κ2) is 4.72. The molecule has 0 saturated carbocycles. The molecule has 0 saturated heterocycles. The van der Waals surface area contributed by atoms with Crippen LogP contribution in [0.25, 0.3) is 0 Å². The molecule has 0 aromatic carbocycles. The molecule has 1 rings (SSSR count). The zero-order valence-corrected chi connectivity index (χ0v) is 8.24. The smallest absolute Gasteiger partial charge is 0.118 e.